The van der Waals surface area contributed by atoms with Crippen molar-refractivity contribution in [3.63, 3.8) is 0 Å². The van der Waals surface area contributed by atoms with Crippen molar-refractivity contribution < 1.29 is 19.4 Å². The summed E-state index contributed by atoms with van der Waals surface area (Å²) < 4.78 is 7.42. The van der Waals surface area contributed by atoms with Crippen molar-refractivity contribution in [2.45, 2.75) is 31.8 Å². The average Bonchev–Trinajstić information content (AvgIpc) is 3.60. The van der Waals surface area contributed by atoms with Gasteiger partial charge in [0.15, 0.2) is 5.82 Å². The fraction of sp³-hybridized carbons (Fsp3) is 0.250. The summed E-state index contributed by atoms with van der Waals surface area (Å²) in [6.45, 7) is 0.0654. The number of H-pyrrole nitrogens is 1. The van der Waals surface area contributed by atoms with Gasteiger partial charge in [0.25, 0.3) is 0 Å². The van der Waals surface area contributed by atoms with Crippen LogP contribution in [0.5, 0.6) is 5.75 Å². The highest BCUT2D eigenvalue weighted by molar-refractivity contribution is 5.83. The Morgan fingerprint density at radius 2 is 1.69 bits per heavy atom. The van der Waals surface area contributed by atoms with Crippen molar-refractivity contribution in [1.29, 1.82) is 0 Å². The smallest absolute Gasteiger partial charge is 0.317 e. The summed E-state index contributed by atoms with van der Waals surface area (Å²) in [6.07, 6.45) is 3.88. The van der Waals surface area contributed by atoms with Gasteiger partial charge in [0.2, 0.25) is 5.91 Å². The predicted octanol–water partition coefficient (Wildman–Crippen LogP) is 3.68. The van der Waals surface area contributed by atoms with Crippen LogP contribution in [0.25, 0.3) is 10.9 Å². The first-order chi connectivity index (χ1) is 20.5. The molecule has 5 aromatic rings. The number of fused-ring (bicyclic) bond motifs is 1. The second kappa shape index (κ2) is 13.6. The zero-order valence-electron chi connectivity index (χ0n) is 23.4. The topological polar surface area (TPSA) is 134 Å². The minimum absolute atomic E-state index is 0.135. The van der Waals surface area contributed by atoms with Gasteiger partial charge in [0.05, 0.1) is 32.8 Å². The van der Waals surface area contributed by atoms with Gasteiger partial charge in [0.1, 0.15) is 11.6 Å². The molecule has 0 saturated heterocycles. The Hall–Kier alpha value is -4.96. The molecule has 0 aliphatic carbocycles. The van der Waals surface area contributed by atoms with Crippen molar-refractivity contribution in [2.75, 3.05) is 20.2 Å². The number of para-hydroxylation sites is 1. The third-order valence-corrected chi connectivity index (χ3v) is 7.14. The van der Waals surface area contributed by atoms with E-state index >= 15 is 0 Å². The molecule has 4 N–H and O–H groups in total. The molecule has 1 atom stereocenters. The number of carbonyl (C=O) groups is 2. The fourth-order valence-corrected chi connectivity index (χ4v) is 5.03. The van der Waals surface area contributed by atoms with Crippen molar-refractivity contribution in [1.82, 2.24) is 30.4 Å². The van der Waals surface area contributed by atoms with Crippen LogP contribution in [0, 0.1) is 0 Å². The molecule has 0 aliphatic heterocycles. The third kappa shape index (κ3) is 7.21. The zero-order chi connectivity index (χ0) is 29.3. The van der Waals surface area contributed by atoms with E-state index in [-0.39, 0.29) is 19.0 Å². The van der Waals surface area contributed by atoms with Crippen LogP contribution >= 0.6 is 0 Å². The Kier molecular flexibility index (Phi) is 9.25. The summed E-state index contributed by atoms with van der Waals surface area (Å²) >= 11 is 0. The lowest BCUT2D eigenvalue weighted by atomic mass is 10.0. The first kappa shape index (κ1) is 28.6. The quantitative estimate of drug-likeness (QED) is 0.161. The van der Waals surface area contributed by atoms with Gasteiger partial charge >= 0.3 is 5.97 Å². The number of hydrogen-bond donors (Lipinski definition) is 4. The van der Waals surface area contributed by atoms with Crippen molar-refractivity contribution in [2.24, 2.45) is 0 Å². The number of methoxy groups -OCH3 is 1. The fourth-order valence-electron chi connectivity index (χ4n) is 5.03. The number of carboxylic acids is 1. The summed E-state index contributed by atoms with van der Waals surface area (Å²) in [5, 5.41) is 25.0. The molecule has 0 saturated carbocycles. The molecule has 0 fully saturated rings. The van der Waals surface area contributed by atoms with Crippen LogP contribution in [0.15, 0.2) is 85.1 Å². The molecule has 2 aromatic heterocycles. The molecule has 216 valence electrons. The van der Waals surface area contributed by atoms with E-state index < -0.39 is 12.0 Å². The summed E-state index contributed by atoms with van der Waals surface area (Å²) in [5.74, 6) is 0.856. The maximum absolute atomic E-state index is 13.0. The predicted molar refractivity (Wildman–Crippen MR) is 159 cm³/mol. The number of aryl methyl sites for hydroxylation is 2. The molecule has 10 heteroatoms. The molecule has 42 heavy (non-hydrogen) atoms. The number of aromatic nitrogens is 4. The molecule has 3 aromatic carbocycles. The molecule has 1 amide bonds. The van der Waals surface area contributed by atoms with Crippen molar-refractivity contribution >= 4 is 22.8 Å². The molecular weight excluding hydrogens is 532 g/mol. The monoisotopic (exact) mass is 566 g/mol. The number of nitrogens with zero attached hydrogens (tertiary/aromatic N) is 3. The highest BCUT2D eigenvalue weighted by atomic mass is 16.5. The van der Waals surface area contributed by atoms with E-state index in [2.05, 4.69) is 42.5 Å². The average molecular weight is 567 g/mol. The van der Waals surface area contributed by atoms with Crippen LogP contribution in [0.3, 0.4) is 0 Å². The van der Waals surface area contributed by atoms with E-state index in [9.17, 15) is 9.59 Å². The van der Waals surface area contributed by atoms with Gasteiger partial charge in [0, 0.05) is 29.9 Å². The first-order valence-corrected chi connectivity index (χ1v) is 13.9. The maximum Gasteiger partial charge on any atom is 0.317 e. The SMILES string of the molecule is COc1ccc(Cn2c(CCc3ccccc3)nnc2[C@@H](Cc2c[nH]c3ccccc23)NC(=O)CNCC(=O)O)cc1. The van der Waals surface area contributed by atoms with Gasteiger partial charge in [-0.2, -0.15) is 0 Å². The number of hydrogen-bond acceptors (Lipinski definition) is 6. The Morgan fingerprint density at radius 1 is 0.929 bits per heavy atom. The third-order valence-electron chi connectivity index (χ3n) is 7.14. The number of carboxylic acid groups (broad SMARTS) is 1. The van der Waals surface area contributed by atoms with Crippen LogP contribution in [0.2, 0.25) is 0 Å². The molecule has 10 nitrogen and oxygen atoms in total. The lowest BCUT2D eigenvalue weighted by molar-refractivity contribution is -0.136. The van der Waals surface area contributed by atoms with Crippen LogP contribution < -0.4 is 15.4 Å². The van der Waals surface area contributed by atoms with E-state index in [1.54, 1.807) is 7.11 Å². The van der Waals surface area contributed by atoms with E-state index in [0.717, 1.165) is 40.0 Å². The number of rotatable bonds is 14. The van der Waals surface area contributed by atoms with Gasteiger partial charge in [-0.1, -0.05) is 60.7 Å². The molecule has 0 bridgehead atoms. The molecule has 5 rings (SSSR count). The normalized spacial score (nSPS) is 11.8. The van der Waals surface area contributed by atoms with Gasteiger partial charge < -0.3 is 24.7 Å². The molecular formula is C32H34N6O4. The number of aromatic amines is 1. The Morgan fingerprint density at radius 3 is 2.45 bits per heavy atom. The highest BCUT2D eigenvalue weighted by Gasteiger charge is 2.25. The van der Waals surface area contributed by atoms with Gasteiger partial charge in [-0.25, -0.2) is 0 Å². The van der Waals surface area contributed by atoms with Crippen molar-refractivity contribution in [3.8, 4) is 5.75 Å². The molecule has 0 aliphatic rings. The van der Waals surface area contributed by atoms with Gasteiger partial charge in [-0.3, -0.25) is 14.9 Å². The largest absolute Gasteiger partial charge is 0.497 e. The van der Waals surface area contributed by atoms with E-state index in [0.29, 0.717) is 25.2 Å². The van der Waals surface area contributed by atoms with Crippen molar-refractivity contribution in [3.05, 3.63) is 113 Å². The summed E-state index contributed by atoms with van der Waals surface area (Å²) in [6, 6.07) is 25.6. The Labute approximate surface area is 243 Å². The number of nitrogens with one attached hydrogen (secondary N) is 3. The van der Waals surface area contributed by atoms with Gasteiger partial charge in [-0.15, -0.1) is 10.2 Å². The summed E-state index contributed by atoms with van der Waals surface area (Å²) in [5.41, 5.74) is 4.27. The minimum atomic E-state index is -1.03. The first-order valence-electron chi connectivity index (χ1n) is 13.9. The second-order valence-electron chi connectivity index (χ2n) is 10.1. The van der Waals surface area contributed by atoms with Crippen LogP contribution in [-0.4, -0.2) is 56.9 Å². The molecule has 0 spiro atoms. The van der Waals surface area contributed by atoms with Crippen LogP contribution in [0.4, 0.5) is 0 Å². The number of amides is 1. The number of aliphatic carboxylic acids is 1. The van der Waals surface area contributed by atoms with Gasteiger partial charge in [-0.05, 0) is 41.3 Å². The summed E-state index contributed by atoms with van der Waals surface area (Å²) in [7, 11) is 1.64. The van der Waals surface area contributed by atoms with E-state index in [1.807, 2.05) is 72.9 Å². The number of ether oxygens (including phenoxy) is 1. The molecule has 0 unspecified atom stereocenters. The highest BCUT2D eigenvalue weighted by Crippen LogP contribution is 2.26. The number of benzene rings is 3. The Balaban J connectivity index is 1.48. The molecule has 0 radical (unpaired) electrons. The van der Waals surface area contributed by atoms with E-state index in [4.69, 9.17) is 9.84 Å². The Bertz CT molecular complexity index is 1630. The molecule has 2 heterocycles. The van der Waals surface area contributed by atoms with Crippen LogP contribution in [0.1, 0.15) is 34.4 Å². The second-order valence-corrected chi connectivity index (χ2v) is 10.1. The lowest BCUT2D eigenvalue weighted by Gasteiger charge is -2.20. The summed E-state index contributed by atoms with van der Waals surface area (Å²) in [4.78, 5) is 27.3. The maximum atomic E-state index is 13.0. The standard InChI is InChI=1S/C32H34N6O4/c1-42-25-14-11-23(12-15-25)21-38-29(16-13-22-7-3-2-4-8-22)36-37-32(38)28(35-30(39)19-33-20-31(40)41)17-24-18-34-27-10-6-5-9-26(24)27/h2-12,14-15,18,28,33-34H,13,16-17,19-21H2,1H3,(H,35,39)(H,40,41)/t28-/m1/s1. The van der Waals surface area contributed by atoms with Crippen LogP contribution in [-0.2, 0) is 35.4 Å². The van der Waals surface area contributed by atoms with E-state index in [1.165, 1.54) is 5.56 Å². The number of carbonyl (C=O) groups excluding carboxylic acids is 1. The lowest BCUT2D eigenvalue weighted by Crippen LogP contribution is -2.39. The zero-order valence-corrected chi connectivity index (χ0v) is 23.4. The minimum Gasteiger partial charge on any atom is -0.497 e.